The predicted molar refractivity (Wildman–Crippen MR) is 70.5 cm³/mol. The summed E-state index contributed by atoms with van der Waals surface area (Å²) in [5, 5.41) is 5.89. The summed E-state index contributed by atoms with van der Waals surface area (Å²) in [6.07, 6.45) is 3.28. The number of carbonyl (C=O) groups excluding carboxylic acids is 1. The maximum absolute atomic E-state index is 12.0. The zero-order valence-electron chi connectivity index (χ0n) is 10.4. The number of rotatable bonds is 4. The Kier molecular flexibility index (Phi) is 3.62. The molecule has 0 aliphatic rings. The molecule has 0 saturated carbocycles. The average Bonchev–Trinajstić information content (AvgIpc) is 2.88. The van der Waals surface area contributed by atoms with Gasteiger partial charge in [0.15, 0.2) is 0 Å². The maximum Gasteiger partial charge on any atom is 0.251 e. The van der Waals surface area contributed by atoms with Gasteiger partial charge in [-0.25, -0.2) is 4.98 Å². The number of carbonyl (C=O) groups is 1. The first-order chi connectivity index (χ1) is 8.70. The van der Waals surface area contributed by atoms with Crippen LogP contribution in [0, 0.1) is 6.92 Å². The molecule has 1 heterocycles. The zero-order chi connectivity index (χ0) is 13.0. The van der Waals surface area contributed by atoms with Crippen LogP contribution in [0.15, 0.2) is 30.7 Å². The lowest BCUT2D eigenvalue weighted by atomic mass is 10.1. The van der Waals surface area contributed by atoms with Crippen molar-refractivity contribution in [2.24, 2.45) is 0 Å². The van der Waals surface area contributed by atoms with Crippen molar-refractivity contribution in [2.75, 3.05) is 12.4 Å². The Morgan fingerprint density at radius 1 is 1.44 bits per heavy atom. The standard InChI is InChI=1S/C13H16N4O/c1-9-5-10(14-2)3-4-12(9)13(18)16-7-11-6-15-8-17-11/h3-6,8,14H,7H2,1-2H3,(H,15,17)(H,16,18). The maximum atomic E-state index is 12.0. The highest BCUT2D eigenvalue weighted by molar-refractivity contribution is 5.96. The highest BCUT2D eigenvalue weighted by Crippen LogP contribution is 2.14. The average molecular weight is 244 g/mol. The summed E-state index contributed by atoms with van der Waals surface area (Å²) in [6, 6.07) is 5.66. The summed E-state index contributed by atoms with van der Waals surface area (Å²) < 4.78 is 0. The van der Waals surface area contributed by atoms with Crippen molar-refractivity contribution in [3.05, 3.63) is 47.5 Å². The monoisotopic (exact) mass is 244 g/mol. The van der Waals surface area contributed by atoms with Gasteiger partial charge in [0.25, 0.3) is 5.91 Å². The lowest BCUT2D eigenvalue weighted by molar-refractivity contribution is 0.0950. The van der Waals surface area contributed by atoms with Crippen molar-refractivity contribution >= 4 is 11.6 Å². The van der Waals surface area contributed by atoms with Crippen LogP contribution in [0.2, 0.25) is 0 Å². The van der Waals surface area contributed by atoms with E-state index in [1.807, 2.05) is 32.2 Å². The third kappa shape index (κ3) is 2.68. The molecule has 0 aliphatic heterocycles. The van der Waals surface area contributed by atoms with Gasteiger partial charge in [-0.1, -0.05) is 0 Å². The van der Waals surface area contributed by atoms with Gasteiger partial charge in [-0.15, -0.1) is 0 Å². The number of hydrogen-bond acceptors (Lipinski definition) is 3. The van der Waals surface area contributed by atoms with Gasteiger partial charge in [0.2, 0.25) is 0 Å². The summed E-state index contributed by atoms with van der Waals surface area (Å²) in [5.41, 5.74) is 3.52. The van der Waals surface area contributed by atoms with Crippen molar-refractivity contribution < 1.29 is 4.79 Å². The molecule has 0 fully saturated rings. The van der Waals surface area contributed by atoms with Crippen LogP contribution >= 0.6 is 0 Å². The molecular formula is C13H16N4O. The molecule has 0 atom stereocenters. The molecule has 2 aromatic rings. The van der Waals surface area contributed by atoms with Crippen molar-refractivity contribution in [1.29, 1.82) is 0 Å². The van der Waals surface area contributed by atoms with Gasteiger partial charge in [-0.3, -0.25) is 4.79 Å². The molecule has 18 heavy (non-hydrogen) atoms. The van der Waals surface area contributed by atoms with Crippen LogP contribution in [0.5, 0.6) is 0 Å². The van der Waals surface area contributed by atoms with Crippen LogP contribution in [0.3, 0.4) is 0 Å². The molecule has 2 rings (SSSR count). The lowest BCUT2D eigenvalue weighted by Crippen LogP contribution is -2.23. The minimum absolute atomic E-state index is 0.0789. The number of aryl methyl sites for hydroxylation is 1. The second-order valence-corrected chi connectivity index (χ2v) is 4.04. The van der Waals surface area contributed by atoms with Gasteiger partial charge in [0.05, 0.1) is 18.6 Å². The summed E-state index contributed by atoms with van der Waals surface area (Å²) in [7, 11) is 1.85. The van der Waals surface area contributed by atoms with E-state index in [9.17, 15) is 4.79 Å². The van der Waals surface area contributed by atoms with Crippen molar-refractivity contribution in [1.82, 2.24) is 15.3 Å². The van der Waals surface area contributed by atoms with E-state index in [-0.39, 0.29) is 5.91 Å². The smallest absolute Gasteiger partial charge is 0.251 e. The molecule has 5 heteroatoms. The first-order valence-electron chi connectivity index (χ1n) is 5.74. The topological polar surface area (TPSA) is 69.8 Å². The first-order valence-corrected chi connectivity index (χ1v) is 5.74. The summed E-state index contributed by atoms with van der Waals surface area (Å²) in [6.45, 7) is 2.37. The fourth-order valence-corrected chi connectivity index (χ4v) is 1.73. The van der Waals surface area contributed by atoms with E-state index in [2.05, 4.69) is 20.6 Å². The minimum atomic E-state index is -0.0789. The molecule has 1 amide bonds. The number of benzene rings is 1. The summed E-state index contributed by atoms with van der Waals surface area (Å²) >= 11 is 0. The fourth-order valence-electron chi connectivity index (χ4n) is 1.73. The van der Waals surface area contributed by atoms with E-state index in [1.165, 1.54) is 0 Å². The van der Waals surface area contributed by atoms with Gasteiger partial charge < -0.3 is 15.6 Å². The van der Waals surface area contributed by atoms with Gasteiger partial charge in [-0.2, -0.15) is 0 Å². The molecule has 1 aromatic heterocycles. The summed E-state index contributed by atoms with van der Waals surface area (Å²) in [5.74, 6) is -0.0789. The van der Waals surface area contributed by atoms with Crippen LogP contribution in [0.1, 0.15) is 21.6 Å². The number of imidazole rings is 1. The highest BCUT2D eigenvalue weighted by atomic mass is 16.1. The molecule has 1 aromatic carbocycles. The Hall–Kier alpha value is -2.30. The Bertz CT molecular complexity index is 534. The molecule has 0 saturated heterocycles. The SMILES string of the molecule is CNc1ccc(C(=O)NCc2cnc[nH]2)c(C)c1. The third-order valence-corrected chi connectivity index (χ3v) is 2.75. The fraction of sp³-hybridized carbons (Fsp3) is 0.231. The van der Waals surface area contributed by atoms with E-state index in [1.54, 1.807) is 12.5 Å². The molecular weight excluding hydrogens is 228 g/mol. The van der Waals surface area contributed by atoms with Crippen LogP contribution < -0.4 is 10.6 Å². The van der Waals surface area contributed by atoms with E-state index in [4.69, 9.17) is 0 Å². The number of hydrogen-bond donors (Lipinski definition) is 3. The minimum Gasteiger partial charge on any atom is -0.388 e. The van der Waals surface area contributed by atoms with Crippen molar-refractivity contribution in [3.8, 4) is 0 Å². The Labute approximate surface area is 106 Å². The number of aromatic nitrogens is 2. The number of anilines is 1. The number of aromatic amines is 1. The van der Waals surface area contributed by atoms with E-state index >= 15 is 0 Å². The van der Waals surface area contributed by atoms with Crippen LogP contribution in [-0.2, 0) is 6.54 Å². The zero-order valence-corrected chi connectivity index (χ0v) is 10.4. The lowest BCUT2D eigenvalue weighted by Gasteiger charge is -2.08. The molecule has 94 valence electrons. The molecule has 0 unspecified atom stereocenters. The summed E-state index contributed by atoms with van der Waals surface area (Å²) in [4.78, 5) is 18.8. The number of amides is 1. The Morgan fingerprint density at radius 3 is 2.89 bits per heavy atom. The first kappa shape index (κ1) is 12.2. The van der Waals surface area contributed by atoms with Crippen molar-refractivity contribution in [3.63, 3.8) is 0 Å². The molecule has 0 spiro atoms. The normalized spacial score (nSPS) is 10.1. The van der Waals surface area contributed by atoms with Crippen LogP contribution in [-0.4, -0.2) is 22.9 Å². The molecule has 3 N–H and O–H groups in total. The van der Waals surface area contributed by atoms with Gasteiger partial charge >= 0.3 is 0 Å². The largest absolute Gasteiger partial charge is 0.388 e. The van der Waals surface area contributed by atoms with Crippen LogP contribution in [0.4, 0.5) is 5.69 Å². The van der Waals surface area contributed by atoms with E-state index in [0.717, 1.165) is 16.9 Å². The molecule has 0 aliphatic carbocycles. The number of nitrogens with zero attached hydrogens (tertiary/aromatic N) is 1. The van der Waals surface area contributed by atoms with Gasteiger partial charge in [0, 0.05) is 24.5 Å². The number of nitrogens with one attached hydrogen (secondary N) is 3. The molecule has 5 nitrogen and oxygen atoms in total. The Morgan fingerprint density at radius 2 is 2.28 bits per heavy atom. The predicted octanol–water partition coefficient (Wildman–Crippen LogP) is 1.69. The number of H-pyrrole nitrogens is 1. The molecule has 0 bridgehead atoms. The van der Waals surface area contributed by atoms with E-state index < -0.39 is 0 Å². The quantitative estimate of drug-likeness (QED) is 0.766. The third-order valence-electron chi connectivity index (χ3n) is 2.75. The van der Waals surface area contributed by atoms with E-state index in [0.29, 0.717) is 12.1 Å². The highest BCUT2D eigenvalue weighted by Gasteiger charge is 2.09. The van der Waals surface area contributed by atoms with Crippen LogP contribution in [0.25, 0.3) is 0 Å². The van der Waals surface area contributed by atoms with Gasteiger partial charge in [0.1, 0.15) is 0 Å². The molecule has 0 radical (unpaired) electrons. The second kappa shape index (κ2) is 5.35. The van der Waals surface area contributed by atoms with Crippen molar-refractivity contribution in [2.45, 2.75) is 13.5 Å². The second-order valence-electron chi connectivity index (χ2n) is 4.04. The Balaban J connectivity index is 2.04. The van der Waals surface area contributed by atoms with Gasteiger partial charge in [-0.05, 0) is 30.7 Å².